The van der Waals surface area contributed by atoms with Crippen LogP contribution in [0.15, 0.2) is 42.5 Å². The van der Waals surface area contributed by atoms with E-state index in [-0.39, 0.29) is 5.91 Å². The molecule has 0 spiro atoms. The standard InChI is InChI=1S/C16H19N3O2/c1-19(2)12-9-7-11(8-10-12)18-16(20)15-13(17)5-4-6-14(15)21-3/h4-10H,17H2,1-3H3,(H,18,20). The number of anilines is 3. The van der Waals surface area contributed by atoms with Crippen molar-refractivity contribution in [3.05, 3.63) is 48.0 Å². The molecule has 5 heteroatoms. The summed E-state index contributed by atoms with van der Waals surface area (Å²) in [5, 5.41) is 2.82. The fourth-order valence-corrected chi connectivity index (χ4v) is 2.00. The number of ether oxygens (including phenoxy) is 1. The van der Waals surface area contributed by atoms with Gasteiger partial charge in [-0.1, -0.05) is 6.07 Å². The first kappa shape index (κ1) is 14.7. The van der Waals surface area contributed by atoms with Crippen molar-refractivity contribution < 1.29 is 9.53 Å². The topological polar surface area (TPSA) is 67.6 Å². The quantitative estimate of drug-likeness (QED) is 0.847. The molecule has 110 valence electrons. The van der Waals surface area contributed by atoms with Gasteiger partial charge < -0.3 is 20.7 Å². The van der Waals surface area contributed by atoms with Crippen molar-refractivity contribution in [3.8, 4) is 5.75 Å². The highest BCUT2D eigenvalue weighted by Gasteiger charge is 2.15. The van der Waals surface area contributed by atoms with Gasteiger partial charge in [-0.2, -0.15) is 0 Å². The molecule has 0 aliphatic rings. The summed E-state index contributed by atoms with van der Waals surface area (Å²) in [6.07, 6.45) is 0. The number of benzene rings is 2. The van der Waals surface area contributed by atoms with E-state index in [0.29, 0.717) is 22.7 Å². The number of hydrogen-bond acceptors (Lipinski definition) is 4. The van der Waals surface area contributed by atoms with Gasteiger partial charge in [0, 0.05) is 31.2 Å². The number of hydrogen-bond donors (Lipinski definition) is 2. The lowest BCUT2D eigenvalue weighted by Gasteiger charge is -2.14. The monoisotopic (exact) mass is 285 g/mol. The molecule has 0 atom stereocenters. The number of methoxy groups -OCH3 is 1. The molecule has 0 unspecified atom stereocenters. The molecule has 0 saturated carbocycles. The van der Waals surface area contributed by atoms with E-state index in [2.05, 4.69) is 5.32 Å². The van der Waals surface area contributed by atoms with Crippen molar-refractivity contribution in [1.82, 2.24) is 0 Å². The van der Waals surface area contributed by atoms with Crippen molar-refractivity contribution in [2.24, 2.45) is 0 Å². The van der Waals surface area contributed by atoms with Crippen molar-refractivity contribution in [3.63, 3.8) is 0 Å². The van der Waals surface area contributed by atoms with Gasteiger partial charge in [-0.05, 0) is 36.4 Å². The van der Waals surface area contributed by atoms with E-state index in [1.54, 1.807) is 18.2 Å². The van der Waals surface area contributed by atoms with E-state index < -0.39 is 0 Å². The van der Waals surface area contributed by atoms with E-state index in [0.717, 1.165) is 5.69 Å². The summed E-state index contributed by atoms with van der Waals surface area (Å²) in [4.78, 5) is 14.3. The predicted molar refractivity (Wildman–Crippen MR) is 86.1 cm³/mol. The van der Waals surface area contributed by atoms with Gasteiger partial charge in [0.25, 0.3) is 5.91 Å². The molecule has 0 aliphatic heterocycles. The number of nitrogens with one attached hydrogen (secondary N) is 1. The van der Waals surface area contributed by atoms with Crippen molar-refractivity contribution >= 4 is 23.0 Å². The Balaban J connectivity index is 2.22. The van der Waals surface area contributed by atoms with Crippen LogP contribution in [-0.4, -0.2) is 27.1 Å². The molecule has 0 heterocycles. The van der Waals surface area contributed by atoms with E-state index in [9.17, 15) is 4.79 Å². The lowest BCUT2D eigenvalue weighted by Crippen LogP contribution is -2.15. The average molecular weight is 285 g/mol. The Morgan fingerprint density at radius 3 is 2.38 bits per heavy atom. The summed E-state index contributed by atoms with van der Waals surface area (Å²) in [7, 11) is 5.43. The highest BCUT2D eigenvalue weighted by molar-refractivity contribution is 6.09. The number of nitrogens with two attached hydrogens (primary N) is 1. The minimum atomic E-state index is -0.289. The number of carbonyl (C=O) groups excluding carboxylic acids is 1. The number of nitrogen functional groups attached to an aromatic ring is 1. The SMILES string of the molecule is COc1cccc(N)c1C(=O)Nc1ccc(N(C)C)cc1. The third-order valence-electron chi connectivity index (χ3n) is 3.15. The lowest BCUT2D eigenvalue weighted by molar-refractivity contribution is 0.102. The summed E-state index contributed by atoms with van der Waals surface area (Å²) < 4.78 is 5.19. The third-order valence-corrected chi connectivity index (χ3v) is 3.15. The fraction of sp³-hybridized carbons (Fsp3) is 0.188. The molecule has 0 bridgehead atoms. The molecule has 0 fully saturated rings. The molecule has 2 rings (SSSR count). The maximum Gasteiger partial charge on any atom is 0.261 e. The maximum absolute atomic E-state index is 12.4. The normalized spacial score (nSPS) is 10.0. The Labute approximate surface area is 124 Å². The third kappa shape index (κ3) is 3.25. The van der Waals surface area contributed by atoms with Crippen LogP contribution in [0.4, 0.5) is 17.1 Å². The van der Waals surface area contributed by atoms with E-state index in [1.165, 1.54) is 7.11 Å². The summed E-state index contributed by atoms with van der Waals surface area (Å²) >= 11 is 0. The number of carbonyl (C=O) groups is 1. The minimum absolute atomic E-state index is 0.289. The second-order valence-electron chi connectivity index (χ2n) is 4.82. The van der Waals surface area contributed by atoms with Gasteiger partial charge in [0.2, 0.25) is 0 Å². The zero-order valence-electron chi connectivity index (χ0n) is 12.4. The number of amides is 1. The molecule has 21 heavy (non-hydrogen) atoms. The Kier molecular flexibility index (Phi) is 4.33. The van der Waals surface area contributed by atoms with Gasteiger partial charge in [0.05, 0.1) is 7.11 Å². The maximum atomic E-state index is 12.4. The van der Waals surface area contributed by atoms with E-state index >= 15 is 0 Å². The van der Waals surface area contributed by atoms with Crippen LogP contribution in [0.25, 0.3) is 0 Å². The molecule has 0 aromatic heterocycles. The molecule has 2 aromatic carbocycles. The first-order valence-corrected chi connectivity index (χ1v) is 6.54. The Bertz CT molecular complexity index is 636. The van der Waals surface area contributed by atoms with Crippen LogP contribution < -0.4 is 20.7 Å². The highest BCUT2D eigenvalue weighted by Crippen LogP contribution is 2.25. The fourth-order valence-electron chi connectivity index (χ4n) is 2.00. The summed E-state index contributed by atoms with van der Waals surface area (Å²) in [5.41, 5.74) is 8.36. The van der Waals surface area contributed by atoms with E-state index in [4.69, 9.17) is 10.5 Å². The predicted octanol–water partition coefficient (Wildman–Crippen LogP) is 2.60. The minimum Gasteiger partial charge on any atom is -0.496 e. The van der Waals surface area contributed by atoms with Crippen LogP contribution in [0.1, 0.15) is 10.4 Å². The van der Waals surface area contributed by atoms with Crippen LogP contribution in [0.5, 0.6) is 5.75 Å². The molecule has 2 aromatic rings. The second kappa shape index (κ2) is 6.17. The summed E-state index contributed by atoms with van der Waals surface area (Å²) in [6.45, 7) is 0. The van der Waals surface area contributed by atoms with Gasteiger partial charge >= 0.3 is 0 Å². The first-order valence-electron chi connectivity index (χ1n) is 6.54. The van der Waals surface area contributed by atoms with Crippen molar-refractivity contribution in [2.45, 2.75) is 0 Å². The molecule has 3 N–H and O–H groups in total. The highest BCUT2D eigenvalue weighted by atomic mass is 16.5. The largest absolute Gasteiger partial charge is 0.496 e. The van der Waals surface area contributed by atoms with Gasteiger partial charge in [-0.15, -0.1) is 0 Å². The van der Waals surface area contributed by atoms with Gasteiger partial charge in [0.1, 0.15) is 11.3 Å². The Hall–Kier alpha value is -2.69. The summed E-state index contributed by atoms with van der Waals surface area (Å²) in [6, 6.07) is 12.7. The summed E-state index contributed by atoms with van der Waals surface area (Å²) in [5.74, 6) is 0.167. The van der Waals surface area contributed by atoms with Crippen LogP contribution in [0, 0.1) is 0 Å². The van der Waals surface area contributed by atoms with Gasteiger partial charge in [-0.25, -0.2) is 0 Å². The van der Waals surface area contributed by atoms with Crippen LogP contribution in [0.2, 0.25) is 0 Å². The first-order chi connectivity index (χ1) is 10.0. The zero-order chi connectivity index (χ0) is 15.4. The Morgan fingerprint density at radius 1 is 1.14 bits per heavy atom. The molecule has 0 aliphatic carbocycles. The molecular formula is C16H19N3O2. The van der Waals surface area contributed by atoms with Crippen LogP contribution in [-0.2, 0) is 0 Å². The van der Waals surface area contributed by atoms with E-state index in [1.807, 2.05) is 43.3 Å². The lowest BCUT2D eigenvalue weighted by atomic mass is 10.1. The average Bonchev–Trinajstić information content (AvgIpc) is 2.47. The van der Waals surface area contributed by atoms with Crippen molar-refractivity contribution in [1.29, 1.82) is 0 Å². The Morgan fingerprint density at radius 2 is 1.81 bits per heavy atom. The number of nitrogens with zero attached hydrogens (tertiary/aromatic N) is 1. The molecule has 0 saturated heterocycles. The molecule has 5 nitrogen and oxygen atoms in total. The van der Waals surface area contributed by atoms with Crippen LogP contribution in [0.3, 0.4) is 0 Å². The van der Waals surface area contributed by atoms with Gasteiger partial charge in [-0.3, -0.25) is 4.79 Å². The molecular weight excluding hydrogens is 266 g/mol. The number of rotatable bonds is 4. The van der Waals surface area contributed by atoms with Gasteiger partial charge in [0.15, 0.2) is 0 Å². The van der Waals surface area contributed by atoms with Crippen molar-refractivity contribution in [2.75, 3.05) is 37.2 Å². The van der Waals surface area contributed by atoms with Crippen LogP contribution >= 0.6 is 0 Å². The smallest absolute Gasteiger partial charge is 0.261 e. The second-order valence-corrected chi connectivity index (χ2v) is 4.82. The zero-order valence-corrected chi connectivity index (χ0v) is 12.4. The molecule has 0 radical (unpaired) electrons. The molecule has 1 amide bonds.